The van der Waals surface area contributed by atoms with E-state index in [9.17, 15) is 14.4 Å². The molecule has 0 aromatic heterocycles. The van der Waals surface area contributed by atoms with Crippen molar-refractivity contribution in [3.05, 3.63) is 59.2 Å². The van der Waals surface area contributed by atoms with Gasteiger partial charge in [-0.1, -0.05) is 0 Å². The van der Waals surface area contributed by atoms with Gasteiger partial charge in [-0.2, -0.15) is 5.26 Å². The summed E-state index contributed by atoms with van der Waals surface area (Å²) in [6.07, 6.45) is 0. The van der Waals surface area contributed by atoms with Gasteiger partial charge in [0.25, 0.3) is 11.8 Å². The summed E-state index contributed by atoms with van der Waals surface area (Å²) in [4.78, 5) is 38.4. The molecule has 0 fully saturated rings. The Hall–Kier alpha value is -3.66. The van der Waals surface area contributed by atoms with E-state index in [0.29, 0.717) is 22.5 Å². The predicted octanol–water partition coefficient (Wildman–Crippen LogP) is 3.60. The van der Waals surface area contributed by atoms with Gasteiger partial charge >= 0.3 is 6.03 Å². The highest BCUT2D eigenvalue weighted by atomic mass is 16.2. The first-order valence-electron chi connectivity index (χ1n) is 8.32. The molecule has 1 heterocycles. The molecule has 3 rings (SSSR count). The van der Waals surface area contributed by atoms with Crippen LogP contribution in [0.3, 0.4) is 0 Å². The van der Waals surface area contributed by atoms with Gasteiger partial charge in [-0.05, 0) is 63.2 Å². The average Bonchev–Trinajstić information content (AvgIpc) is 2.86. The van der Waals surface area contributed by atoms with E-state index >= 15 is 0 Å². The third-order valence-corrected chi connectivity index (χ3v) is 4.09. The fraction of sp³-hybridized carbons (Fsp3) is 0.200. The Morgan fingerprint density at radius 2 is 1.48 bits per heavy atom. The zero-order valence-corrected chi connectivity index (χ0v) is 15.2. The summed E-state index contributed by atoms with van der Waals surface area (Å²) in [5.41, 5.74) is 1.38. The van der Waals surface area contributed by atoms with E-state index in [1.165, 1.54) is 11.0 Å². The zero-order valence-electron chi connectivity index (χ0n) is 15.2. The van der Waals surface area contributed by atoms with Crippen molar-refractivity contribution in [2.75, 3.05) is 10.6 Å². The van der Waals surface area contributed by atoms with Crippen LogP contribution in [-0.2, 0) is 0 Å². The molecule has 2 aromatic carbocycles. The molecule has 136 valence electrons. The Balaban J connectivity index is 1.76. The second-order valence-corrected chi connectivity index (χ2v) is 7.15. The van der Waals surface area contributed by atoms with Crippen molar-refractivity contribution < 1.29 is 14.4 Å². The van der Waals surface area contributed by atoms with E-state index in [2.05, 4.69) is 10.6 Å². The molecule has 2 aromatic rings. The molecule has 0 saturated carbocycles. The van der Waals surface area contributed by atoms with Crippen LogP contribution in [0.15, 0.2) is 42.5 Å². The highest BCUT2D eigenvalue weighted by Gasteiger charge is 2.41. The van der Waals surface area contributed by atoms with Gasteiger partial charge in [0.15, 0.2) is 0 Å². The number of carbonyl (C=O) groups excluding carboxylic acids is 3. The first-order valence-corrected chi connectivity index (χ1v) is 8.32. The fourth-order valence-corrected chi connectivity index (χ4v) is 2.85. The maximum atomic E-state index is 12.6. The lowest BCUT2D eigenvalue weighted by molar-refractivity contribution is 0.0507. The number of benzene rings is 2. The topological polar surface area (TPSA) is 102 Å². The van der Waals surface area contributed by atoms with Crippen molar-refractivity contribution in [1.29, 1.82) is 5.26 Å². The van der Waals surface area contributed by atoms with E-state index in [1.807, 2.05) is 6.07 Å². The standard InChI is InChI=1S/C20H18N4O3/c1-20(2,3)24-17(25)15-9-8-14(10-16(15)18(24)26)23-19(27)22-13-6-4-12(11-21)5-7-13/h4-10H,1-3H3,(H2,22,23,27). The summed E-state index contributed by atoms with van der Waals surface area (Å²) in [5.74, 6) is -0.713. The Kier molecular flexibility index (Phi) is 4.42. The number of urea groups is 1. The molecule has 4 amide bonds. The number of anilines is 2. The lowest BCUT2D eigenvalue weighted by Gasteiger charge is -2.29. The van der Waals surface area contributed by atoms with Crippen LogP contribution in [-0.4, -0.2) is 28.3 Å². The first-order chi connectivity index (χ1) is 12.7. The van der Waals surface area contributed by atoms with Crippen molar-refractivity contribution in [2.45, 2.75) is 26.3 Å². The van der Waals surface area contributed by atoms with Gasteiger partial charge in [-0.25, -0.2) is 4.79 Å². The van der Waals surface area contributed by atoms with Gasteiger partial charge in [0.1, 0.15) is 0 Å². The van der Waals surface area contributed by atoms with Crippen LogP contribution in [0.1, 0.15) is 47.1 Å². The maximum Gasteiger partial charge on any atom is 0.323 e. The molecular formula is C20H18N4O3. The number of imide groups is 1. The minimum atomic E-state index is -0.631. The lowest BCUT2D eigenvalue weighted by Crippen LogP contribution is -2.45. The van der Waals surface area contributed by atoms with Crippen LogP contribution in [0.25, 0.3) is 0 Å². The van der Waals surface area contributed by atoms with Crippen molar-refractivity contribution in [1.82, 2.24) is 4.90 Å². The third-order valence-electron chi connectivity index (χ3n) is 4.09. The number of hydrogen-bond acceptors (Lipinski definition) is 4. The van der Waals surface area contributed by atoms with E-state index in [-0.39, 0.29) is 17.4 Å². The molecule has 0 bridgehead atoms. The summed E-state index contributed by atoms with van der Waals surface area (Å²) in [6.45, 7) is 5.37. The quantitative estimate of drug-likeness (QED) is 0.797. The summed E-state index contributed by atoms with van der Waals surface area (Å²) < 4.78 is 0. The number of hydrogen-bond donors (Lipinski definition) is 2. The molecule has 0 saturated heterocycles. The number of fused-ring (bicyclic) bond motifs is 1. The van der Waals surface area contributed by atoms with Crippen molar-refractivity contribution in [2.24, 2.45) is 0 Å². The van der Waals surface area contributed by atoms with Gasteiger partial charge < -0.3 is 10.6 Å². The SMILES string of the molecule is CC(C)(C)N1C(=O)c2ccc(NC(=O)Nc3ccc(C#N)cc3)cc2C1=O. The first kappa shape index (κ1) is 18.1. The largest absolute Gasteiger partial charge is 0.323 e. The molecule has 7 heteroatoms. The van der Waals surface area contributed by atoms with Crippen LogP contribution in [0, 0.1) is 11.3 Å². The Morgan fingerprint density at radius 1 is 0.926 bits per heavy atom. The van der Waals surface area contributed by atoms with E-state index < -0.39 is 11.6 Å². The minimum absolute atomic E-state index is 0.270. The number of amides is 4. The molecule has 27 heavy (non-hydrogen) atoms. The zero-order chi connectivity index (χ0) is 19.8. The van der Waals surface area contributed by atoms with E-state index in [0.717, 1.165) is 0 Å². The Labute approximate surface area is 156 Å². The molecule has 0 spiro atoms. The maximum absolute atomic E-state index is 12.6. The smallest absolute Gasteiger partial charge is 0.308 e. The van der Waals surface area contributed by atoms with Gasteiger partial charge in [-0.3, -0.25) is 14.5 Å². The summed E-state index contributed by atoms with van der Waals surface area (Å²) in [5, 5.41) is 14.1. The molecule has 1 aliphatic heterocycles. The molecule has 0 radical (unpaired) electrons. The van der Waals surface area contributed by atoms with Gasteiger partial charge in [0, 0.05) is 16.9 Å². The molecule has 7 nitrogen and oxygen atoms in total. The van der Waals surface area contributed by atoms with E-state index in [4.69, 9.17) is 5.26 Å². The highest BCUT2D eigenvalue weighted by Crippen LogP contribution is 2.30. The van der Waals surface area contributed by atoms with Gasteiger partial charge in [-0.15, -0.1) is 0 Å². The molecule has 2 N–H and O–H groups in total. The van der Waals surface area contributed by atoms with E-state index in [1.54, 1.807) is 57.2 Å². The van der Waals surface area contributed by atoms with Crippen LogP contribution < -0.4 is 10.6 Å². The highest BCUT2D eigenvalue weighted by molar-refractivity contribution is 6.22. The van der Waals surface area contributed by atoms with Gasteiger partial charge in [0.05, 0.1) is 22.8 Å². The molecule has 0 atom stereocenters. The molecular weight excluding hydrogens is 344 g/mol. The lowest BCUT2D eigenvalue weighted by atomic mass is 10.1. The number of nitrogens with zero attached hydrogens (tertiary/aromatic N) is 2. The van der Waals surface area contributed by atoms with Crippen molar-refractivity contribution >= 4 is 29.2 Å². The van der Waals surface area contributed by atoms with Crippen molar-refractivity contribution in [3.8, 4) is 6.07 Å². The summed E-state index contributed by atoms with van der Waals surface area (Å²) in [6, 6.07) is 12.5. The number of nitrogens with one attached hydrogen (secondary N) is 2. The molecule has 0 unspecified atom stereocenters. The number of nitriles is 1. The third kappa shape index (κ3) is 3.51. The summed E-state index contributed by atoms with van der Waals surface area (Å²) >= 11 is 0. The Bertz CT molecular complexity index is 982. The second-order valence-electron chi connectivity index (χ2n) is 7.15. The number of carbonyl (C=O) groups is 3. The van der Waals surface area contributed by atoms with Crippen LogP contribution in [0.4, 0.5) is 16.2 Å². The van der Waals surface area contributed by atoms with Crippen molar-refractivity contribution in [3.63, 3.8) is 0 Å². The van der Waals surface area contributed by atoms with Crippen LogP contribution in [0.5, 0.6) is 0 Å². The van der Waals surface area contributed by atoms with Crippen LogP contribution in [0.2, 0.25) is 0 Å². The average molecular weight is 362 g/mol. The Morgan fingerprint density at radius 3 is 2.07 bits per heavy atom. The van der Waals surface area contributed by atoms with Crippen LogP contribution >= 0.6 is 0 Å². The summed E-state index contributed by atoms with van der Waals surface area (Å²) in [7, 11) is 0. The van der Waals surface area contributed by atoms with Gasteiger partial charge in [0.2, 0.25) is 0 Å². The molecule has 0 aliphatic carbocycles. The monoisotopic (exact) mass is 362 g/mol. The normalized spacial score (nSPS) is 13.2. The second kappa shape index (κ2) is 6.57. The fourth-order valence-electron chi connectivity index (χ4n) is 2.85. The predicted molar refractivity (Wildman–Crippen MR) is 100 cm³/mol. The molecule has 1 aliphatic rings. The minimum Gasteiger partial charge on any atom is -0.308 e. The number of rotatable bonds is 2.